The van der Waals surface area contributed by atoms with Gasteiger partial charge >= 0.3 is 0 Å². The highest BCUT2D eigenvalue weighted by Gasteiger charge is 2.47. The van der Waals surface area contributed by atoms with Crippen LogP contribution < -0.4 is 11.5 Å². The Hall–Kier alpha value is -0.690. The van der Waals surface area contributed by atoms with E-state index in [1.165, 1.54) is 0 Å². The van der Waals surface area contributed by atoms with E-state index in [1.807, 2.05) is 0 Å². The van der Waals surface area contributed by atoms with Crippen molar-refractivity contribution >= 4 is 5.91 Å². The molecule has 4 N–H and O–H groups in total. The van der Waals surface area contributed by atoms with Gasteiger partial charge in [0.25, 0.3) is 0 Å². The van der Waals surface area contributed by atoms with E-state index >= 15 is 0 Å². The van der Waals surface area contributed by atoms with Gasteiger partial charge in [-0.3, -0.25) is 4.79 Å². The predicted octanol–water partition coefficient (Wildman–Crippen LogP) is -0.351. The van der Waals surface area contributed by atoms with Crippen molar-refractivity contribution in [3.05, 3.63) is 0 Å². The minimum Gasteiger partial charge on any atom is -0.385 e. The zero-order chi connectivity index (χ0) is 13.4. The van der Waals surface area contributed by atoms with Crippen molar-refractivity contribution in [2.45, 2.75) is 24.8 Å². The summed E-state index contributed by atoms with van der Waals surface area (Å²) in [5.41, 5.74) is 10.3. The second kappa shape index (κ2) is 7.68. The predicted molar refractivity (Wildman–Crippen MR) is 67.0 cm³/mol. The maximum atomic E-state index is 11.3. The number of amides is 1. The average Bonchev–Trinajstić information content (AvgIpc) is 3.16. The van der Waals surface area contributed by atoms with Crippen molar-refractivity contribution in [1.29, 1.82) is 0 Å². The standard InChI is InChI=1S/C12H24N2O4/c1-16-5-2-6-17-7-8-18-9-12(14,11(13)15)10-3-4-10/h10H,2-9,14H2,1H3,(H2,13,15). The summed E-state index contributed by atoms with van der Waals surface area (Å²) >= 11 is 0. The third-order valence-electron chi connectivity index (χ3n) is 3.11. The lowest BCUT2D eigenvalue weighted by Gasteiger charge is -2.25. The lowest BCUT2D eigenvalue weighted by Crippen LogP contribution is -2.57. The molecular formula is C12H24N2O4. The molecule has 1 saturated carbocycles. The minimum atomic E-state index is -1.00. The van der Waals surface area contributed by atoms with Gasteiger partial charge in [-0.15, -0.1) is 0 Å². The molecule has 6 nitrogen and oxygen atoms in total. The van der Waals surface area contributed by atoms with Crippen LogP contribution in [0.15, 0.2) is 0 Å². The van der Waals surface area contributed by atoms with E-state index in [1.54, 1.807) is 7.11 Å². The molecule has 1 unspecified atom stereocenters. The first-order valence-electron chi connectivity index (χ1n) is 6.34. The topological polar surface area (TPSA) is 96.8 Å². The lowest BCUT2D eigenvalue weighted by atomic mass is 9.95. The quantitative estimate of drug-likeness (QED) is 0.495. The summed E-state index contributed by atoms with van der Waals surface area (Å²) in [5.74, 6) is -0.302. The first-order chi connectivity index (χ1) is 8.61. The Morgan fingerprint density at radius 3 is 2.44 bits per heavy atom. The summed E-state index contributed by atoms with van der Waals surface area (Å²) in [6.07, 6.45) is 2.77. The molecule has 0 aromatic rings. The fourth-order valence-corrected chi connectivity index (χ4v) is 1.75. The SMILES string of the molecule is COCCCOCCOCC(N)(C(N)=O)C1CC1. The van der Waals surface area contributed by atoms with Crippen LogP contribution in [0.3, 0.4) is 0 Å². The number of carbonyl (C=O) groups is 1. The number of primary amides is 1. The number of rotatable bonds is 11. The zero-order valence-corrected chi connectivity index (χ0v) is 11.0. The summed E-state index contributed by atoms with van der Waals surface area (Å²) in [5, 5.41) is 0. The van der Waals surface area contributed by atoms with Crippen molar-refractivity contribution in [3.63, 3.8) is 0 Å². The van der Waals surface area contributed by atoms with Crippen LogP contribution in [-0.4, -0.2) is 51.6 Å². The molecule has 0 aliphatic heterocycles. The van der Waals surface area contributed by atoms with Gasteiger partial charge in [0.1, 0.15) is 5.54 Å². The van der Waals surface area contributed by atoms with Crippen molar-refractivity contribution in [2.75, 3.05) is 40.1 Å². The van der Waals surface area contributed by atoms with E-state index in [0.29, 0.717) is 26.4 Å². The maximum absolute atomic E-state index is 11.3. The molecule has 1 atom stereocenters. The first kappa shape index (κ1) is 15.4. The molecule has 1 amide bonds. The van der Waals surface area contributed by atoms with Crippen molar-refractivity contribution in [3.8, 4) is 0 Å². The Balaban J connectivity index is 2.04. The van der Waals surface area contributed by atoms with Crippen LogP contribution in [0.4, 0.5) is 0 Å². The van der Waals surface area contributed by atoms with Gasteiger partial charge in [-0.05, 0) is 25.2 Å². The summed E-state index contributed by atoms with van der Waals surface area (Å²) in [6.45, 7) is 2.42. The number of methoxy groups -OCH3 is 1. The Morgan fingerprint density at radius 2 is 1.89 bits per heavy atom. The average molecular weight is 260 g/mol. The zero-order valence-electron chi connectivity index (χ0n) is 11.0. The van der Waals surface area contributed by atoms with Crippen LogP contribution in [0.1, 0.15) is 19.3 Å². The van der Waals surface area contributed by atoms with Crippen molar-refractivity contribution in [2.24, 2.45) is 17.4 Å². The Morgan fingerprint density at radius 1 is 1.22 bits per heavy atom. The van der Waals surface area contributed by atoms with Gasteiger partial charge in [0.05, 0.1) is 19.8 Å². The van der Waals surface area contributed by atoms with Crippen LogP contribution in [0.2, 0.25) is 0 Å². The van der Waals surface area contributed by atoms with Gasteiger partial charge in [0, 0.05) is 20.3 Å². The van der Waals surface area contributed by atoms with E-state index in [9.17, 15) is 4.79 Å². The van der Waals surface area contributed by atoms with E-state index < -0.39 is 11.4 Å². The highest BCUT2D eigenvalue weighted by Crippen LogP contribution is 2.38. The van der Waals surface area contributed by atoms with Gasteiger partial charge in [0.15, 0.2) is 0 Å². The number of ether oxygens (including phenoxy) is 3. The molecule has 0 radical (unpaired) electrons. The number of carbonyl (C=O) groups excluding carboxylic acids is 1. The van der Waals surface area contributed by atoms with E-state index in [0.717, 1.165) is 19.3 Å². The molecule has 0 aromatic carbocycles. The molecule has 1 rings (SSSR count). The molecule has 18 heavy (non-hydrogen) atoms. The van der Waals surface area contributed by atoms with Gasteiger partial charge < -0.3 is 25.7 Å². The minimum absolute atomic E-state index is 0.175. The Bertz CT molecular complexity index is 258. The van der Waals surface area contributed by atoms with Gasteiger partial charge in [-0.2, -0.15) is 0 Å². The highest BCUT2D eigenvalue weighted by molar-refractivity contribution is 5.85. The van der Waals surface area contributed by atoms with Gasteiger partial charge in [-0.25, -0.2) is 0 Å². The Kier molecular flexibility index (Phi) is 6.56. The fraction of sp³-hybridized carbons (Fsp3) is 0.917. The summed E-state index contributed by atoms with van der Waals surface area (Å²) in [4.78, 5) is 11.3. The maximum Gasteiger partial charge on any atom is 0.240 e. The monoisotopic (exact) mass is 260 g/mol. The summed E-state index contributed by atoms with van der Waals surface area (Å²) in [7, 11) is 1.66. The molecule has 0 saturated heterocycles. The van der Waals surface area contributed by atoms with E-state index in [-0.39, 0.29) is 12.5 Å². The van der Waals surface area contributed by atoms with Crippen LogP contribution in [0, 0.1) is 5.92 Å². The van der Waals surface area contributed by atoms with Gasteiger partial charge in [-0.1, -0.05) is 0 Å². The molecule has 0 spiro atoms. The third kappa shape index (κ3) is 4.89. The third-order valence-corrected chi connectivity index (χ3v) is 3.11. The molecule has 0 aromatic heterocycles. The molecule has 0 heterocycles. The fourth-order valence-electron chi connectivity index (χ4n) is 1.75. The highest BCUT2D eigenvalue weighted by atomic mass is 16.5. The van der Waals surface area contributed by atoms with Crippen LogP contribution in [-0.2, 0) is 19.0 Å². The number of nitrogens with two attached hydrogens (primary N) is 2. The second-order valence-corrected chi connectivity index (χ2v) is 4.69. The first-order valence-corrected chi connectivity index (χ1v) is 6.34. The Labute approximate surface area is 108 Å². The van der Waals surface area contributed by atoms with Crippen LogP contribution in [0.5, 0.6) is 0 Å². The molecular weight excluding hydrogens is 236 g/mol. The van der Waals surface area contributed by atoms with Crippen LogP contribution >= 0.6 is 0 Å². The number of hydrogen-bond acceptors (Lipinski definition) is 5. The van der Waals surface area contributed by atoms with E-state index in [4.69, 9.17) is 25.7 Å². The van der Waals surface area contributed by atoms with Crippen molar-refractivity contribution < 1.29 is 19.0 Å². The second-order valence-electron chi connectivity index (χ2n) is 4.69. The normalized spacial score (nSPS) is 18.6. The van der Waals surface area contributed by atoms with Crippen LogP contribution in [0.25, 0.3) is 0 Å². The number of hydrogen-bond donors (Lipinski definition) is 2. The lowest BCUT2D eigenvalue weighted by molar-refractivity contribution is -0.126. The molecule has 1 aliphatic carbocycles. The summed E-state index contributed by atoms with van der Waals surface area (Å²) < 4.78 is 15.6. The summed E-state index contributed by atoms with van der Waals surface area (Å²) in [6, 6.07) is 0. The molecule has 106 valence electrons. The van der Waals surface area contributed by atoms with Gasteiger partial charge in [0.2, 0.25) is 5.91 Å². The molecule has 0 bridgehead atoms. The largest absolute Gasteiger partial charge is 0.385 e. The van der Waals surface area contributed by atoms with E-state index in [2.05, 4.69) is 0 Å². The van der Waals surface area contributed by atoms with Crippen molar-refractivity contribution in [1.82, 2.24) is 0 Å². The molecule has 1 aliphatic rings. The smallest absolute Gasteiger partial charge is 0.240 e. The molecule has 1 fully saturated rings. The molecule has 6 heteroatoms.